The predicted molar refractivity (Wildman–Crippen MR) is 302 cm³/mol. The largest absolute Gasteiger partial charge is 0.497 e. The highest BCUT2D eigenvalue weighted by atomic mass is 16.5. The molecule has 1 unspecified atom stereocenters. The second-order valence-electron chi connectivity index (χ2n) is 19.8. The molecule has 0 spiro atoms. The van der Waals surface area contributed by atoms with E-state index in [9.17, 15) is 9.90 Å². The van der Waals surface area contributed by atoms with E-state index in [1.807, 2.05) is 0 Å². The number of benzene rings is 4. The van der Waals surface area contributed by atoms with E-state index in [4.69, 9.17) is 14.2 Å². The van der Waals surface area contributed by atoms with Crippen molar-refractivity contribution >= 4 is 42.4 Å². The molecule has 1 N–H and O–H groups in total. The van der Waals surface area contributed by atoms with Crippen molar-refractivity contribution in [2.24, 2.45) is 5.92 Å². The lowest BCUT2D eigenvalue weighted by atomic mass is 9.94. The number of carboxylic acid groups (broad SMARTS) is 1. The third-order valence-corrected chi connectivity index (χ3v) is 14.1. The first kappa shape index (κ1) is 57.5. The highest BCUT2D eigenvalue weighted by molar-refractivity contribution is 5.81. The Kier molecular flexibility index (Phi) is 28.2. The molecule has 0 fully saturated rings. The molecule has 70 heavy (non-hydrogen) atoms. The topological polar surface area (TPSA) is 65.0 Å². The second-order valence-corrected chi connectivity index (χ2v) is 19.8. The molecule has 382 valence electrons. The van der Waals surface area contributed by atoms with Gasteiger partial charge in [0.15, 0.2) is 0 Å². The Bertz CT molecular complexity index is 2180. The molecule has 4 rings (SSSR count). The smallest absolute Gasteiger partial charge is 0.306 e. The van der Waals surface area contributed by atoms with Gasteiger partial charge in [0, 0.05) is 11.1 Å². The van der Waals surface area contributed by atoms with Gasteiger partial charge in [-0.1, -0.05) is 210 Å². The molecule has 0 saturated heterocycles. The van der Waals surface area contributed by atoms with Crippen molar-refractivity contribution in [1.82, 2.24) is 0 Å². The van der Waals surface area contributed by atoms with Crippen LogP contribution in [0.4, 0.5) is 0 Å². The zero-order chi connectivity index (χ0) is 50.2. The first-order valence-corrected chi connectivity index (χ1v) is 27.7. The van der Waals surface area contributed by atoms with Crippen molar-refractivity contribution < 1.29 is 24.1 Å². The Balaban J connectivity index is 1.66. The maximum absolute atomic E-state index is 11.3. The molecule has 4 aromatic carbocycles. The van der Waals surface area contributed by atoms with E-state index in [0.29, 0.717) is 6.42 Å². The van der Waals surface area contributed by atoms with Gasteiger partial charge >= 0.3 is 5.97 Å². The monoisotopic (exact) mass is 953 g/mol. The van der Waals surface area contributed by atoms with Gasteiger partial charge in [-0.3, -0.25) is 4.79 Å². The van der Waals surface area contributed by atoms with Gasteiger partial charge in [-0.2, -0.15) is 0 Å². The van der Waals surface area contributed by atoms with Gasteiger partial charge in [0.05, 0.1) is 27.2 Å². The minimum Gasteiger partial charge on any atom is -0.497 e. The first-order chi connectivity index (χ1) is 34.2. The molecule has 0 amide bonds. The molecular formula is C65H92O5. The number of carbonyl (C=O) groups is 1. The van der Waals surface area contributed by atoms with E-state index >= 15 is 0 Å². The minimum absolute atomic E-state index is 0.348. The summed E-state index contributed by atoms with van der Waals surface area (Å²) in [6.45, 7) is 8.62. The van der Waals surface area contributed by atoms with Crippen LogP contribution < -0.4 is 14.2 Å². The van der Waals surface area contributed by atoms with Crippen LogP contribution in [0.15, 0.2) is 66.7 Å². The molecule has 0 bridgehead atoms. The fourth-order valence-corrected chi connectivity index (χ4v) is 9.42. The number of hydrogen-bond acceptors (Lipinski definition) is 4. The van der Waals surface area contributed by atoms with E-state index < -0.39 is 5.97 Å². The number of rotatable bonds is 37. The van der Waals surface area contributed by atoms with Crippen molar-refractivity contribution in [2.45, 2.75) is 195 Å². The van der Waals surface area contributed by atoms with Gasteiger partial charge in [-0.05, 0) is 132 Å². The normalized spacial score (nSPS) is 12.2. The van der Waals surface area contributed by atoms with Crippen LogP contribution in [-0.4, -0.2) is 32.4 Å². The van der Waals surface area contributed by atoms with Crippen LogP contribution in [0.1, 0.15) is 225 Å². The van der Waals surface area contributed by atoms with Gasteiger partial charge in [-0.15, -0.1) is 0 Å². The number of ether oxygens (including phenoxy) is 3. The van der Waals surface area contributed by atoms with Crippen molar-refractivity contribution in [2.75, 3.05) is 21.3 Å². The fraction of sp³-hybridized carbons (Fsp3) is 0.523. The van der Waals surface area contributed by atoms with Crippen molar-refractivity contribution in [3.05, 3.63) is 122 Å². The molecule has 0 aliphatic rings. The Hall–Kier alpha value is -5.03. The van der Waals surface area contributed by atoms with Crippen LogP contribution in [0, 0.1) is 5.92 Å². The van der Waals surface area contributed by atoms with E-state index in [0.717, 1.165) is 78.0 Å². The predicted octanol–water partition coefficient (Wildman–Crippen LogP) is 18.8. The number of methoxy groups -OCH3 is 3. The fourth-order valence-electron chi connectivity index (χ4n) is 9.42. The molecule has 5 heteroatoms. The van der Waals surface area contributed by atoms with Crippen LogP contribution in [0.3, 0.4) is 0 Å². The first-order valence-electron chi connectivity index (χ1n) is 27.7. The summed E-state index contributed by atoms with van der Waals surface area (Å²) in [4.78, 5) is 11.3. The minimum atomic E-state index is -0.738. The molecule has 0 heterocycles. The Morgan fingerprint density at radius 3 is 1.27 bits per heavy atom. The molecule has 0 saturated carbocycles. The maximum Gasteiger partial charge on any atom is 0.306 e. The van der Waals surface area contributed by atoms with Crippen molar-refractivity contribution in [3.8, 4) is 17.2 Å². The summed E-state index contributed by atoms with van der Waals surface area (Å²) in [7, 11) is 5.31. The van der Waals surface area contributed by atoms with E-state index in [-0.39, 0.29) is 5.92 Å². The molecule has 0 aliphatic heterocycles. The summed E-state index contributed by atoms with van der Waals surface area (Å²) in [5.74, 6) is 1.52. The SMILES string of the molecule is CCCCCCCCCc1ccc(OC)cc1/C=C/c1cc(CCCCCCCCC)c(/C=C/c2cc(CCCCCCCCC)c(/C=C/c3ccc(CCC(C)C(=O)O)cc3)cc2OC)cc1OC. The lowest BCUT2D eigenvalue weighted by molar-refractivity contribution is -0.141. The molecule has 5 nitrogen and oxygen atoms in total. The standard InChI is InChI=1S/C65H92O5/c1-8-11-14-17-20-23-26-29-54-44-45-62(68-5)48-57(54)40-42-60-47-56(31-28-25-22-19-16-13-10-3)59(50-64(60)70-7)41-43-61-46-55(30-27-24-21-18-15-12-9-2)58(49-63(61)69-6)39-38-53-36-34-52(35-37-53)33-32-51(4)65(66)67/h34-51H,8-33H2,1-7H3,(H,66,67)/b39-38+,42-40+,43-41+. The zero-order valence-electron chi connectivity index (χ0n) is 44.9. The summed E-state index contributed by atoms with van der Waals surface area (Å²) >= 11 is 0. The Morgan fingerprint density at radius 1 is 0.443 bits per heavy atom. The zero-order valence-corrected chi connectivity index (χ0v) is 44.9. The number of aliphatic carboxylic acids is 1. The average Bonchev–Trinajstić information content (AvgIpc) is 3.38. The molecule has 0 aromatic heterocycles. The lowest BCUT2D eigenvalue weighted by Gasteiger charge is -2.15. The molecular weight excluding hydrogens is 861 g/mol. The third-order valence-electron chi connectivity index (χ3n) is 14.1. The van der Waals surface area contributed by atoms with Crippen LogP contribution in [0.5, 0.6) is 17.2 Å². The van der Waals surface area contributed by atoms with E-state index in [2.05, 4.69) is 124 Å². The molecule has 0 aliphatic carbocycles. The van der Waals surface area contributed by atoms with E-state index in [1.165, 1.54) is 155 Å². The number of unbranched alkanes of at least 4 members (excludes halogenated alkanes) is 18. The van der Waals surface area contributed by atoms with Crippen molar-refractivity contribution in [1.29, 1.82) is 0 Å². The van der Waals surface area contributed by atoms with Gasteiger partial charge < -0.3 is 19.3 Å². The van der Waals surface area contributed by atoms with Gasteiger partial charge in [0.1, 0.15) is 17.2 Å². The van der Waals surface area contributed by atoms with E-state index in [1.54, 1.807) is 28.3 Å². The summed E-state index contributed by atoms with van der Waals surface area (Å²) < 4.78 is 18.0. The number of hydrogen-bond donors (Lipinski definition) is 1. The van der Waals surface area contributed by atoms with Crippen LogP contribution in [-0.2, 0) is 30.5 Å². The van der Waals surface area contributed by atoms with Crippen molar-refractivity contribution in [3.63, 3.8) is 0 Å². The van der Waals surface area contributed by atoms with Gasteiger partial charge in [0.25, 0.3) is 0 Å². The number of aryl methyl sites for hydroxylation is 4. The Morgan fingerprint density at radius 2 is 0.843 bits per heavy atom. The van der Waals surface area contributed by atoms with Crippen LogP contribution in [0.2, 0.25) is 0 Å². The summed E-state index contributed by atoms with van der Waals surface area (Å²) in [6, 6.07) is 24.2. The molecule has 0 radical (unpaired) electrons. The highest BCUT2D eigenvalue weighted by Gasteiger charge is 2.13. The summed E-state index contributed by atoms with van der Waals surface area (Å²) in [5.41, 5.74) is 12.0. The Labute approximate surface area is 426 Å². The van der Waals surface area contributed by atoms with Crippen LogP contribution in [0.25, 0.3) is 36.5 Å². The third kappa shape index (κ3) is 21.1. The van der Waals surface area contributed by atoms with Crippen LogP contribution >= 0.6 is 0 Å². The lowest BCUT2D eigenvalue weighted by Crippen LogP contribution is -2.10. The van der Waals surface area contributed by atoms with Gasteiger partial charge in [-0.25, -0.2) is 0 Å². The summed E-state index contributed by atoms with van der Waals surface area (Å²) in [6.07, 6.45) is 44.8. The highest BCUT2D eigenvalue weighted by Crippen LogP contribution is 2.33. The number of carboxylic acids is 1. The average molecular weight is 953 g/mol. The van der Waals surface area contributed by atoms with Gasteiger partial charge in [0.2, 0.25) is 0 Å². The molecule has 1 atom stereocenters. The summed E-state index contributed by atoms with van der Waals surface area (Å²) in [5, 5.41) is 9.33. The second kappa shape index (κ2) is 34.3. The maximum atomic E-state index is 11.3. The quantitative estimate of drug-likeness (QED) is 0.0360. The molecule has 4 aromatic rings.